The summed E-state index contributed by atoms with van der Waals surface area (Å²) in [7, 11) is 1.45. The van der Waals surface area contributed by atoms with Crippen LogP contribution in [0.25, 0.3) is 10.9 Å². The predicted octanol–water partition coefficient (Wildman–Crippen LogP) is 4.80. The highest BCUT2D eigenvalue weighted by Crippen LogP contribution is 2.38. The number of pyridine rings is 1. The Hall–Kier alpha value is -3.60. The second kappa shape index (κ2) is 10.2. The monoisotopic (exact) mass is 561 g/mol. The van der Waals surface area contributed by atoms with E-state index in [0.29, 0.717) is 56.2 Å². The summed E-state index contributed by atoms with van der Waals surface area (Å²) in [4.78, 5) is 38.0. The molecule has 5 rings (SSSR count). The van der Waals surface area contributed by atoms with Crippen molar-refractivity contribution in [2.75, 3.05) is 51.3 Å². The number of nitrogens with one attached hydrogen (secondary N) is 1. The minimum Gasteiger partial charge on any atom is -0.493 e. The summed E-state index contributed by atoms with van der Waals surface area (Å²) in [5.41, 5.74) is 0.584. The molecule has 9 nitrogen and oxygen atoms in total. The Morgan fingerprint density at radius 1 is 1.08 bits per heavy atom. The van der Waals surface area contributed by atoms with Crippen molar-refractivity contribution < 1.29 is 27.8 Å². The summed E-state index contributed by atoms with van der Waals surface area (Å²) < 4.78 is 39.2. The maximum absolute atomic E-state index is 15.0. The molecule has 2 saturated heterocycles. The number of nitrogens with zero attached hydrogens (tertiary/aromatic N) is 4. The molecule has 0 aliphatic carbocycles. The molecule has 0 atom stereocenters. The third-order valence-corrected chi connectivity index (χ3v) is 7.20. The Bertz CT molecular complexity index is 1430. The first kappa shape index (κ1) is 27.0. The van der Waals surface area contributed by atoms with Gasteiger partial charge in [0.05, 0.1) is 23.8 Å². The van der Waals surface area contributed by atoms with E-state index in [1.807, 2.05) is 4.90 Å². The number of carbonyl (C=O) groups is 2. The van der Waals surface area contributed by atoms with Crippen molar-refractivity contribution in [1.82, 2.24) is 19.8 Å². The number of H-pyrrole nitrogens is 1. The highest BCUT2D eigenvalue weighted by Gasteiger charge is 2.36. The number of ether oxygens (including phenoxy) is 2. The Morgan fingerprint density at radius 3 is 2.41 bits per heavy atom. The lowest BCUT2D eigenvalue weighted by Gasteiger charge is -2.40. The number of fused-ring (bicyclic) bond motifs is 1. The quantitative estimate of drug-likeness (QED) is 0.492. The van der Waals surface area contributed by atoms with E-state index < -0.39 is 23.3 Å². The third-order valence-electron chi connectivity index (χ3n) is 6.93. The lowest BCUT2D eigenvalue weighted by atomic mass is 9.89. The topological polar surface area (TPSA) is 91.0 Å². The van der Waals surface area contributed by atoms with Crippen LogP contribution in [-0.4, -0.2) is 83.7 Å². The highest BCUT2D eigenvalue weighted by atomic mass is 35.5. The van der Waals surface area contributed by atoms with Gasteiger partial charge in [0.25, 0.3) is 5.91 Å². The van der Waals surface area contributed by atoms with Crippen molar-refractivity contribution in [2.24, 2.45) is 0 Å². The van der Waals surface area contributed by atoms with Crippen LogP contribution >= 0.6 is 11.6 Å². The molecule has 2 aliphatic heterocycles. The van der Waals surface area contributed by atoms with Crippen molar-refractivity contribution in [3.8, 4) is 5.75 Å². The van der Waals surface area contributed by atoms with Crippen LogP contribution in [0, 0.1) is 11.6 Å². The Balaban J connectivity index is 1.31. The minimum absolute atomic E-state index is 0.0524. The fourth-order valence-corrected chi connectivity index (χ4v) is 5.16. The smallest absolute Gasteiger partial charge is 0.410 e. The van der Waals surface area contributed by atoms with Gasteiger partial charge in [-0.3, -0.25) is 4.79 Å². The third kappa shape index (κ3) is 5.32. The van der Waals surface area contributed by atoms with Crippen molar-refractivity contribution in [2.45, 2.75) is 32.3 Å². The van der Waals surface area contributed by atoms with E-state index in [1.54, 1.807) is 42.7 Å². The molecule has 3 aromatic rings. The number of carbonyl (C=O) groups excluding carboxylic acids is 2. The van der Waals surface area contributed by atoms with Crippen LogP contribution in [0.2, 0.25) is 5.02 Å². The van der Waals surface area contributed by atoms with Crippen LogP contribution in [0.5, 0.6) is 5.75 Å². The van der Waals surface area contributed by atoms with Crippen molar-refractivity contribution in [3.05, 3.63) is 52.3 Å². The summed E-state index contributed by atoms with van der Waals surface area (Å²) in [6.07, 6.45) is 0.729. The molecular weight excluding hydrogens is 532 g/mol. The van der Waals surface area contributed by atoms with Crippen molar-refractivity contribution >= 4 is 40.3 Å². The number of aromatic amines is 1. The molecule has 0 saturated carbocycles. The second-order valence-electron chi connectivity index (χ2n) is 10.8. The fraction of sp³-hybridized carbons (Fsp3) is 0.444. The Kier molecular flexibility index (Phi) is 7.04. The van der Waals surface area contributed by atoms with Gasteiger partial charge < -0.3 is 29.2 Å². The Morgan fingerprint density at radius 2 is 1.77 bits per heavy atom. The molecule has 0 unspecified atom stereocenters. The predicted molar refractivity (Wildman–Crippen MR) is 143 cm³/mol. The molecule has 1 N–H and O–H groups in total. The number of aromatic nitrogens is 2. The number of rotatable bonds is 4. The van der Waals surface area contributed by atoms with Crippen molar-refractivity contribution in [3.63, 3.8) is 0 Å². The lowest BCUT2D eigenvalue weighted by Crippen LogP contribution is -2.50. The maximum Gasteiger partial charge on any atom is 0.410 e. The molecule has 2 amide bonds. The molecule has 0 bridgehead atoms. The first-order chi connectivity index (χ1) is 18.4. The zero-order chi connectivity index (χ0) is 28.1. The molecule has 1 aromatic carbocycles. The van der Waals surface area contributed by atoms with Gasteiger partial charge in [-0.25, -0.2) is 18.6 Å². The van der Waals surface area contributed by atoms with E-state index in [2.05, 4.69) is 9.97 Å². The van der Waals surface area contributed by atoms with Gasteiger partial charge in [-0.2, -0.15) is 0 Å². The fourth-order valence-electron chi connectivity index (χ4n) is 4.95. The summed E-state index contributed by atoms with van der Waals surface area (Å²) in [5, 5.41) is 0.511. The van der Waals surface area contributed by atoms with Crippen LogP contribution in [0.3, 0.4) is 0 Å². The van der Waals surface area contributed by atoms with Crippen molar-refractivity contribution in [1.29, 1.82) is 0 Å². The number of methoxy groups -OCH3 is 1. The number of halogens is 3. The summed E-state index contributed by atoms with van der Waals surface area (Å²) in [6.45, 7) is 7.94. The molecule has 2 fully saturated rings. The number of benzene rings is 1. The van der Waals surface area contributed by atoms with Crippen LogP contribution < -0.4 is 9.64 Å². The first-order valence-electron chi connectivity index (χ1n) is 12.7. The second-order valence-corrected chi connectivity index (χ2v) is 11.2. The summed E-state index contributed by atoms with van der Waals surface area (Å²) in [6, 6.07) is 4.50. The van der Waals surface area contributed by atoms with Crippen LogP contribution in [0.15, 0.2) is 24.4 Å². The van der Waals surface area contributed by atoms with Crippen LogP contribution in [0.4, 0.5) is 19.4 Å². The van der Waals surface area contributed by atoms with E-state index in [-0.39, 0.29) is 28.1 Å². The molecule has 0 radical (unpaired) electrons. The molecule has 0 spiro atoms. The maximum atomic E-state index is 15.0. The largest absolute Gasteiger partial charge is 0.493 e. The van der Waals surface area contributed by atoms with Gasteiger partial charge in [-0.15, -0.1) is 0 Å². The summed E-state index contributed by atoms with van der Waals surface area (Å²) >= 11 is 6.21. The number of hydrogen-bond acceptors (Lipinski definition) is 6. The number of amides is 2. The van der Waals surface area contributed by atoms with E-state index >= 15 is 0 Å². The molecule has 39 heavy (non-hydrogen) atoms. The van der Waals surface area contributed by atoms with Crippen LogP contribution in [0.1, 0.15) is 42.7 Å². The van der Waals surface area contributed by atoms with Gasteiger partial charge in [-0.05, 0) is 38.5 Å². The molecule has 4 heterocycles. The van der Waals surface area contributed by atoms with E-state index in [9.17, 15) is 18.4 Å². The van der Waals surface area contributed by atoms with E-state index in [0.717, 1.165) is 11.8 Å². The minimum atomic E-state index is -0.628. The number of hydrogen-bond donors (Lipinski definition) is 1. The standard InChI is InChI=1S/C27H30ClF2N5O4/c1-27(2,3)39-26(37)35-13-15(14-35)17-10-19(28)22(30)23-18(17)11-20(32-23)25(36)34-7-5-33(6-8-34)24-21(38-4)9-16(29)12-31-24/h9-12,15,32H,5-8,13-14H2,1-4H3. The highest BCUT2D eigenvalue weighted by molar-refractivity contribution is 6.31. The van der Waals surface area contributed by atoms with Gasteiger partial charge >= 0.3 is 6.09 Å². The molecule has 208 valence electrons. The summed E-state index contributed by atoms with van der Waals surface area (Å²) in [5.74, 6) is -0.620. The Labute approximate surface area is 229 Å². The zero-order valence-corrected chi connectivity index (χ0v) is 22.9. The van der Waals surface area contributed by atoms with Gasteiger partial charge in [0.2, 0.25) is 0 Å². The average Bonchev–Trinajstić information content (AvgIpc) is 3.30. The number of anilines is 1. The van der Waals surface area contributed by atoms with E-state index in [1.165, 1.54) is 13.2 Å². The van der Waals surface area contributed by atoms with Gasteiger partial charge in [0, 0.05) is 56.6 Å². The zero-order valence-electron chi connectivity index (χ0n) is 22.2. The van der Waals surface area contributed by atoms with Gasteiger partial charge in [-0.1, -0.05) is 11.6 Å². The van der Waals surface area contributed by atoms with E-state index in [4.69, 9.17) is 21.1 Å². The number of likely N-dealkylation sites (tertiary alicyclic amines) is 1. The van der Waals surface area contributed by atoms with Crippen LogP contribution in [-0.2, 0) is 4.74 Å². The first-order valence-corrected chi connectivity index (χ1v) is 13.0. The normalized spacial score (nSPS) is 16.4. The molecular formula is C27H30ClF2N5O4. The average molecular weight is 562 g/mol. The molecule has 12 heteroatoms. The SMILES string of the molecule is COc1cc(F)cnc1N1CCN(C(=O)c2cc3c(C4CN(C(=O)OC(C)(C)C)C4)cc(Cl)c(F)c3[nH]2)CC1. The number of piperazine rings is 1. The van der Waals surface area contributed by atoms with Gasteiger partial charge in [0.1, 0.15) is 17.1 Å². The molecule has 2 aliphatic rings. The molecule has 2 aromatic heterocycles. The van der Waals surface area contributed by atoms with Gasteiger partial charge in [0.15, 0.2) is 17.4 Å². The lowest BCUT2D eigenvalue weighted by molar-refractivity contribution is 0.00829.